The van der Waals surface area contributed by atoms with Gasteiger partial charge >= 0.3 is 0 Å². The van der Waals surface area contributed by atoms with Gasteiger partial charge in [-0.05, 0) is 32.0 Å². The molecule has 1 aliphatic heterocycles. The Hall–Kier alpha value is -1.29. The summed E-state index contributed by atoms with van der Waals surface area (Å²) in [6.45, 7) is 3.53. The number of carbonyl (C=O) groups is 1. The Morgan fingerprint density at radius 3 is 3.13 bits per heavy atom. The number of furan rings is 1. The van der Waals surface area contributed by atoms with Crippen molar-refractivity contribution < 1.29 is 9.21 Å². The topological polar surface area (TPSA) is 45.5 Å². The normalized spacial score (nSPS) is 21.3. The van der Waals surface area contributed by atoms with Crippen LogP contribution in [0.25, 0.3) is 0 Å². The molecule has 0 radical (unpaired) electrons. The summed E-state index contributed by atoms with van der Waals surface area (Å²) >= 11 is 0. The maximum atomic E-state index is 12.1. The molecule has 0 saturated heterocycles. The van der Waals surface area contributed by atoms with Crippen molar-refractivity contribution in [3.8, 4) is 0 Å². The Labute approximate surface area is 89.2 Å². The molecule has 1 unspecified atom stereocenters. The van der Waals surface area contributed by atoms with E-state index in [1.54, 1.807) is 13.3 Å². The second kappa shape index (κ2) is 4.06. The molecule has 1 aromatic heterocycles. The average Bonchev–Trinajstić information content (AvgIpc) is 2.64. The van der Waals surface area contributed by atoms with Crippen LogP contribution in [-0.2, 0) is 11.2 Å². The number of hydrogen-bond acceptors (Lipinski definition) is 3. The maximum absolute atomic E-state index is 12.1. The molecule has 0 aromatic carbocycles. The number of nitrogens with zero attached hydrogens (tertiary/aromatic N) is 1. The lowest BCUT2D eigenvalue weighted by molar-refractivity contribution is -0.133. The molecule has 2 heterocycles. The first-order valence-corrected chi connectivity index (χ1v) is 5.30. The molecule has 82 valence electrons. The van der Waals surface area contributed by atoms with E-state index in [-0.39, 0.29) is 11.9 Å². The summed E-state index contributed by atoms with van der Waals surface area (Å²) < 4.78 is 5.39. The zero-order chi connectivity index (χ0) is 10.8. The summed E-state index contributed by atoms with van der Waals surface area (Å²) in [6, 6.07) is 1.63. The molecule has 0 aliphatic carbocycles. The van der Waals surface area contributed by atoms with Gasteiger partial charge in [0.15, 0.2) is 0 Å². The largest absolute Gasteiger partial charge is 0.467 e. The Morgan fingerprint density at radius 1 is 1.67 bits per heavy atom. The van der Waals surface area contributed by atoms with Crippen molar-refractivity contribution in [1.82, 2.24) is 10.2 Å². The van der Waals surface area contributed by atoms with Gasteiger partial charge in [0.2, 0.25) is 5.91 Å². The van der Waals surface area contributed by atoms with Crippen molar-refractivity contribution in [2.45, 2.75) is 19.4 Å². The number of rotatable bonds is 2. The molecule has 4 nitrogen and oxygen atoms in total. The van der Waals surface area contributed by atoms with E-state index < -0.39 is 0 Å². The molecule has 0 saturated carbocycles. The molecule has 4 heteroatoms. The number of likely N-dealkylation sites (N-methyl/N-ethyl adjacent to an activating group) is 2. The third kappa shape index (κ3) is 1.65. The van der Waals surface area contributed by atoms with E-state index in [4.69, 9.17) is 4.42 Å². The molecular weight excluding hydrogens is 192 g/mol. The SMILES string of the molecule is CCN1CCc2ccoc2C(NC)C1=O. The lowest BCUT2D eigenvalue weighted by Crippen LogP contribution is -2.38. The molecular formula is C11H16N2O2. The van der Waals surface area contributed by atoms with Crippen molar-refractivity contribution in [3.05, 3.63) is 23.7 Å². The van der Waals surface area contributed by atoms with Crippen molar-refractivity contribution in [3.63, 3.8) is 0 Å². The number of nitrogens with one attached hydrogen (secondary N) is 1. The monoisotopic (exact) mass is 208 g/mol. The lowest BCUT2D eigenvalue weighted by atomic mass is 10.1. The predicted molar refractivity (Wildman–Crippen MR) is 56.5 cm³/mol. The highest BCUT2D eigenvalue weighted by Crippen LogP contribution is 2.25. The van der Waals surface area contributed by atoms with E-state index in [9.17, 15) is 4.79 Å². The first kappa shape index (κ1) is 10.2. The smallest absolute Gasteiger partial charge is 0.247 e. The van der Waals surface area contributed by atoms with Crippen LogP contribution in [0.4, 0.5) is 0 Å². The number of carbonyl (C=O) groups excluding carboxylic acids is 1. The number of amides is 1. The predicted octanol–water partition coefficient (Wildman–Crippen LogP) is 0.945. The van der Waals surface area contributed by atoms with Crippen LogP contribution in [0.3, 0.4) is 0 Å². The minimum atomic E-state index is -0.322. The van der Waals surface area contributed by atoms with Crippen LogP contribution >= 0.6 is 0 Å². The summed E-state index contributed by atoms with van der Waals surface area (Å²) in [5, 5.41) is 3.02. The Kier molecular flexibility index (Phi) is 2.77. The van der Waals surface area contributed by atoms with Crippen LogP contribution in [0.5, 0.6) is 0 Å². The van der Waals surface area contributed by atoms with Gasteiger partial charge in [-0.15, -0.1) is 0 Å². The van der Waals surface area contributed by atoms with Gasteiger partial charge in [-0.3, -0.25) is 4.79 Å². The third-order valence-corrected chi connectivity index (χ3v) is 2.92. The number of fused-ring (bicyclic) bond motifs is 1. The summed E-state index contributed by atoms with van der Waals surface area (Å²) in [5.41, 5.74) is 1.14. The molecule has 15 heavy (non-hydrogen) atoms. The molecule has 1 aromatic rings. The highest BCUT2D eigenvalue weighted by Gasteiger charge is 2.31. The van der Waals surface area contributed by atoms with Gasteiger partial charge in [-0.2, -0.15) is 0 Å². The van der Waals surface area contributed by atoms with E-state index in [2.05, 4.69) is 5.32 Å². The zero-order valence-corrected chi connectivity index (χ0v) is 9.12. The molecule has 1 N–H and O–H groups in total. The standard InChI is InChI=1S/C11H16N2O2/c1-3-13-6-4-8-5-7-15-10(8)9(12-2)11(13)14/h5,7,9,12H,3-4,6H2,1-2H3. The summed E-state index contributed by atoms with van der Waals surface area (Å²) in [4.78, 5) is 13.9. The Balaban J connectivity index is 2.35. The molecule has 1 atom stereocenters. The van der Waals surface area contributed by atoms with Crippen LogP contribution < -0.4 is 5.32 Å². The Morgan fingerprint density at radius 2 is 2.47 bits per heavy atom. The quantitative estimate of drug-likeness (QED) is 0.787. The van der Waals surface area contributed by atoms with Crippen LogP contribution in [-0.4, -0.2) is 30.9 Å². The van der Waals surface area contributed by atoms with Gasteiger partial charge in [0, 0.05) is 13.1 Å². The van der Waals surface area contributed by atoms with Crippen LogP contribution in [0.15, 0.2) is 16.7 Å². The first-order chi connectivity index (χ1) is 7.27. The molecule has 0 bridgehead atoms. The molecule has 1 aliphatic rings. The van der Waals surface area contributed by atoms with Crippen molar-refractivity contribution in [2.75, 3.05) is 20.1 Å². The van der Waals surface area contributed by atoms with E-state index in [0.717, 1.165) is 30.8 Å². The molecule has 0 fully saturated rings. The molecule has 1 amide bonds. The summed E-state index contributed by atoms with van der Waals surface area (Å²) in [7, 11) is 1.79. The fourth-order valence-electron chi connectivity index (χ4n) is 2.04. The second-order valence-corrected chi connectivity index (χ2v) is 3.70. The van der Waals surface area contributed by atoms with E-state index in [1.807, 2.05) is 17.9 Å². The van der Waals surface area contributed by atoms with E-state index in [0.29, 0.717) is 0 Å². The third-order valence-electron chi connectivity index (χ3n) is 2.92. The van der Waals surface area contributed by atoms with Gasteiger partial charge in [0.1, 0.15) is 11.8 Å². The van der Waals surface area contributed by atoms with Gasteiger partial charge in [-0.25, -0.2) is 0 Å². The van der Waals surface area contributed by atoms with Crippen molar-refractivity contribution in [1.29, 1.82) is 0 Å². The Bertz CT molecular complexity index is 359. The van der Waals surface area contributed by atoms with Crippen LogP contribution in [0, 0.1) is 0 Å². The van der Waals surface area contributed by atoms with E-state index >= 15 is 0 Å². The second-order valence-electron chi connectivity index (χ2n) is 3.70. The minimum Gasteiger partial charge on any atom is -0.467 e. The van der Waals surface area contributed by atoms with Gasteiger partial charge < -0.3 is 14.6 Å². The zero-order valence-electron chi connectivity index (χ0n) is 9.12. The van der Waals surface area contributed by atoms with Gasteiger partial charge in [0.05, 0.1) is 6.26 Å². The highest BCUT2D eigenvalue weighted by atomic mass is 16.3. The highest BCUT2D eigenvalue weighted by molar-refractivity contribution is 5.83. The van der Waals surface area contributed by atoms with Crippen LogP contribution in [0.2, 0.25) is 0 Å². The first-order valence-electron chi connectivity index (χ1n) is 5.30. The van der Waals surface area contributed by atoms with Gasteiger partial charge in [-0.1, -0.05) is 0 Å². The van der Waals surface area contributed by atoms with Crippen molar-refractivity contribution in [2.24, 2.45) is 0 Å². The molecule has 0 spiro atoms. The fraction of sp³-hybridized carbons (Fsp3) is 0.545. The van der Waals surface area contributed by atoms with Gasteiger partial charge in [0.25, 0.3) is 0 Å². The van der Waals surface area contributed by atoms with Crippen molar-refractivity contribution >= 4 is 5.91 Å². The van der Waals surface area contributed by atoms with E-state index in [1.165, 1.54) is 0 Å². The number of hydrogen-bond donors (Lipinski definition) is 1. The summed E-state index contributed by atoms with van der Waals surface area (Å²) in [6.07, 6.45) is 2.54. The fourth-order valence-corrected chi connectivity index (χ4v) is 2.04. The molecule has 2 rings (SSSR count). The lowest BCUT2D eigenvalue weighted by Gasteiger charge is -2.21. The van der Waals surface area contributed by atoms with Crippen LogP contribution in [0.1, 0.15) is 24.3 Å². The average molecular weight is 208 g/mol. The minimum absolute atomic E-state index is 0.105. The summed E-state index contributed by atoms with van der Waals surface area (Å²) in [5.74, 6) is 0.882. The maximum Gasteiger partial charge on any atom is 0.247 e.